The Kier molecular flexibility index (Phi) is 4.50. The van der Waals surface area contributed by atoms with E-state index < -0.39 is 0 Å². The number of ether oxygens (including phenoxy) is 1. The van der Waals surface area contributed by atoms with Gasteiger partial charge in [0.2, 0.25) is 5.72 Å². The maximum atomic E-state index is 6.78. The SMILES string of the molecule is CCC[NH+]1CCC2(CC1)Oc1ccccc1[C@@H]1CC(c3cccc4ccccc34)=NN12. The molecule has 31 heavy (non-hydrogen) atoms. The molecule has 0 unspecified atom stereocenters. The number of hydrazone groups is 1. The lowest BCUT2D eigenvalue weighted by molar-refractivity contribution is -0.908. The molecule has 0 radical (unpaired) electrons. The minimum Gasteiger partial charge on any atom is -0.466 e. The van der Waals surface area contributed by atoms with Crippen molar-refractivity contribution < 1.29 is 9.64 Å². The first-order valence-corrected chi connectivity index (χ1v) is 11.7. The average molecular weight is 413 g/mol. The van der Waals surface area contributed by atoms with Gasteiger partial charge in [-0.05, 0) is 23.3 Å². The predicted molar refractivity (Wildman–Crippen MR) is 125 cm³/mol. The zero-order valence-electron chi connectivity index (χ0n) is 18.2. The van der Waals surface area contributed by atoms with Gasteiger partial charge in [-0.25, -0.2) is 5.01 Å². The van der Waals surface area contributed by atoms with Gasteiger partial charge in [-0.15, -0.1) is 0 Å². The number of fused-ring (bicyclic) bond motifs is 5. The highest BCUT2D eigenvalue weighted by Crippen LogP contribution is 2.49. The molecule has 1 N–H and O–H groups in total. The molecule has 4 nitrogen and oxygen atoms in total. The first kappa shape index (κ1) is 18.9. The summed E-state index contributed by atoms with van der Waals surface area (Å²) >= 11 is 0. The number of quaternary nitrogens is 1. The summed E-state index contributed by atoms with van der Waals surface area (Å²) in [6, 6.07) is 24.1. The van der Waals surface area contributed by atoms with Gasteiger partial charge in [0.05, 0.1) is 44.2 Å². The van der Waals surface area contributed by atoms with Crippen LogP contribution in [0.2, 0.25) is 0 Å². The van der Waals surface area contributed by atoms with Gasteiger partial charge in [0, 0.05) is 17.5 Å². The van der Waals surface area contributed by atoms with Crippen molar-refractivity contribution in [2.24, 2.45) is 5.10 Å². The molecule has 0 aromatic heterocycles. The molecule has 0 amide bonds. The van der Waals surface area contributed by atoms with Gasteiger partial charge in [0.1, 0.15) is 5.75 Å². The van der Waals surface area contributed by atoms with E-state index in [1.807, 2.05) is 0 Å². The normalized spacial score (nSPS) is 27.0. The summed E-state index contributed by atoms with van der Waals surface area (Å²) in [5.41, 5.74) is 3.40. The van der Waals surface area contributed by atoms with E-state index in [9.17, 15) is 0 Å². The molecule has 0 bridgehead atoms. The molecule has 6 rings (SSSR count). The highest BCUT2D eigenvalue weighted by Gasteiger charge is 2.52. The molecule has 3 heterocycles. The number of nitrogens with zero attached hydrogens (tertiary/aromatic N) is 2. The Morgan fingerprint density at radius 3 is 2.65 bits per heavy atom. The molecule has 1 fully saturated rings. The monoisotopic (exact) mass is 412 g/mol. The first-order chi connectivity index (χ1) is 15.3. The van der Waals surface area contributed by atoms with Crippen molar-refractivity contribution in [2.75, 3.05) is 19.6 Å². The van der Waals surface area contributed by atoms with Crippen molar-refractivity contribution in [3.8, 4) is 5.75 Å². The van der Waals surface area contributed by atoms with Crippen LogP contribution in [-0.4, -0.2) is 36.1 Å². The third-order valence-corrected chi connectivity index (χ3v) is 7.35. The fourth-order valence-corrected chi connectivity index (χ4v) is 5.80. The molecule has 1 atom stereocenters. The number of hydrogen-bond donors (Lipinski definition) is 1. The summed E-state index contributed by atoms with van der Waals surface area (Å²) in [7, 11) is 0. The zero-order chi connectivity index (χ0) is 20.8. The zero-order valence-corrected chi connectivity index (χ0v) is 18.2. The fraction of sp³-hybridized carbons (Fsp3) is 0.370. The van der Waals surface area contributed by atoms with Crippen LogP contribution in [0.1, 0.15) is 49.8 Å². The summed E-state index contributed by atoms with van der Waals surface area (Å²) in [4.78, 5) is 1.70. The molecule has 1 spiro atoms. The van der Waals surface area contributed by atoms with Crippen LogP contribution in [0, 0.1) is 0 Å². The number of para-hydroxylation sites is 1. The van der Waals surface area contributed by atoms with E-state index in [2.05, 4.69) is 78.7 Å². The summed E-state index contributed by atoms with van der Waals surface area (Å²) < 4.78 is 6.78. The van der Waals surface area contributed by atoms with Gasteiger partial charge in [0.15, 0.2) is 0 Å². The van der Waals surface area contributed by atoms with Crippen molar-refractivity contribution in [1.29, 1.82) is 0 Å². The highest BCUT2D eigenvalue weighted by atomic mass is 16.5. The fourth-order valence-electron chi connectivity index (χ4n) is 5.80. The second-order valence-corrected chi connectivity index (χ2v) is 9.22. The summed E-state index contributed by atoms with van der Waals surface area (Å²) in [5.74, 6) is 1.05. The minimum absolute atomic E-state index is 0.256. The molecule has 0 aliphatic carbocycles. The first-order valence-electron chi connectivity index (χ1n) is 11.7. The van der Waals surface area contributed by atoms with Crippen molar-refractivity contribution in [2.45, 2.75) is 44.4 Å². The molecule has 1 saturated heterocycles. The number of rotatable bonds is 3. The van der Waals surface area contributed by atoms with E-state index in [4.69, 9.17) is 9.84 Å². The smallest absolute Gasteiger partial charge is 0.208 e. The molecular weight excluding hydrogens is 382 g/mol. The van der Waals surface area contributed by atoms with E-state index in [1.54, 1.807) is 4.90 Å². The predicted octanol–water partition coefficient (Wildman–Crippen LogP) is 4.17. The molecule has 3 aromatic rings. The van der Waals surface area contributed by atoms with Crippen LogP contribution in [0.5, 0.6) is 5.75 Å². The maximum absolute atomic E-state index is 6.78. The standard InChI is InChI=1S/C27H29N3O/c1-2-16-29-17-14-27(15-18-29)30-25(23-11-5-6-13-26(23)31-27)19-24(28-30)22-12-7-9-20-8-3-4-10-21(20)22/h3-13,25H,2,14-19H2,1H3/p+1/t25-/m0/s1. The van der Waals surface area contributed by atoms with Gasteiger partial charge in [-0.2, -0.15) is 5.10 Å². The molecular formula is C27H30N3O+. The van der Waals surface area contributed by atoms with Crippen LogP contribution in [0.15, 0.2) is 71.8 Å². The van der Waals surface area contributed by atoms with E-state index >= 15 is 0 Å². The lowest BCUT2D eigenvalue weighted by Gasteiger charge is -2.50. The molecule has 0 saturated carbocycles. The molecule has 3 aromatic carbocycles. The topological polar surface area (TPSA) is 29.3 Å². The summed E-state index contributed by atoms with van der Waals surface area (Å²) in [5, 5.41) is 10.2. The third-order valence-electron chi connectivity index (χ3n) is 7.35. The summed E-state index contributed by atoms with van der Waals surface area (Å²) in [6.07, 6.45) is 4.22. The minimum atomic E-state index is -0.317. The second kappa shape index (κ2) is 7.38. The van der Waals surface area contributed by atoms with E-state index in [0.717, 1.165) is 38.1 Å². The van der Waals surface area contributed by atoms with Crippen molar-refractivity contribution in [3.63, 3.8) is 0 Å². The van der Waals surface area contributed by atoms with Gasteiger partial charge in [-0.3, -0.25) is 0 Å². The van der Waals surface area contributed by atoms with E-state index in [1.165, 1.54) is 40.6 Å². The van der Waals surface area contributed by atoms with E-state index in [0.29, 0.717) is 0 Å². The third kappa shape index (κ3) is 3.04. The molecule has 3 aliphatic rings. The van der Waals surface area contributed by atoms with Crippen LogP contribution in [0.25, 0.3) is 10.8 Å². The number of likely N-dealkylation sites (tertiary alicyclic amines) is 1. The Morgan fingerprint density at radius 2 is 1.77 bits per heavy atom. The Morgan fingerprint density at radius 1 is 1.00 bits per heavy atom. The van der Waals surface area contributed by atoms with Crippen molar-refractivity contribution in [3.05, 3.63) is 77.9 Å². The number of benzene rings is 3. The number of hydrogen-bond acceptors (Lipinski definition) is 3. The lowest BCUT2D eigenvalue weighted by atomic mass is 9.90. The van der Waals surface area contributed by atoms with E-state index in [-0.39, 0.29) is 11.8 Å². The van der Waals surface area contributed by atoms with Crippen LogP contribution in [0.4, 0.5) is 0 Å². The lowest BCUT2D eigenvalue weighted by Crippen LogP contribution is -3.14. The molecule has 158 valence electrons. The molecule has 3 aliphatic heterocycles. The Labute approximate surface area is 184 Å². The molecule has 4 heteroatoms. The second-order valence-electron chi connectivity index (χ2n) is 9.22. The average Bonchev–Trinajstić information content (AvgIpc) is 3.27. The largest absolute Gasteiger partial charge is 0.466 e. The van der Waals surface area contributed by atoms with Crippen LogP contribution < -0.4 is 9.64 Å². The van der Waals surface area contributed by atoms with Crippen molar-refractivity contribution >= 4 is 16.5 Å². The Bertz CT molecular complexity index is 1140. The Hall–Kier alpha value is -2.85. The van der Waals surface area contributed by atoms with Crippen molar-refractivity contribution in [1.82, 2.24) is 5.01 Å². The number of piperidine rings is 1. The highest BCUT2D eigenvalue weighted by molar-refractivity contribution is 6.11. The van der Waals surface area contributed by atoms with Gasteiger partial charge >= 0.3 is 0 Å². The van der Waals surface area contributed by atoms with Gasteiger partial charge < -0.3 is 9.64 Å². The van der Waals surface area contributed by atoms with Crippen LogP contribution in [0.3, 0.4) is 0 Å². The summed E-state index contributed by atoms with van der Waals surface area (Å²) in [6.45, 7) is 5.83. The van der Waals surface area contributed by atoms with Gasteiger partial charge in [-0.1, -0.05) is 67.6 Å². The Balaban J connectivity index is 1.42. The van der Waals surface area contributed by atoms with Crippen LogP contribution in [-0.2, 0) is 0 Å². The van der Waals surface area contributed by atoms with Gasteiger partial charge in [0.25, 0.3) is 0 Å². The maximum Gasteiger partial charge on any atom is 0.208 e. The number of nitrogens with one attached hydrogen (secondary N) is 1. The van der Waals surface area contributed by atoms with Crippen LogP contribution >= 0.6 is 0 Å². The quantitative estimate of drug-likeness (QED) is 0.700.